The second-order valence-electron chi connectivity index (χ2n) is 6.40. The lowest BCUT2D eigenvalue weighted by Gasteiger charge is -2.40. The SMILES string of the molecule is CCC1c2ccccc2CCN1C[Si](C)(C)C. The van der Waals surface area contributed by atoms with E-state index in [1.165, 1.54) is 25.6 Å². The minimum atomic E-state index is -0.998. The van der Waals surface area contributed by atoms with Gasteiger partial charge in [-0.3, -0.25) is 4.90 Å². The molecule has 0 amide bonds. The van der Waals surface area contributed by atoms with Crippen molar-refractivity contribution >= 4 is 8.07 Å². The molecule has 0 saturated carbocycles. The van der Waals surface area contributed by atoms with E-state index >= 15 is 0 Å². The largest absolute Gasteiger partial charge is 0.299 e. The number of hydrogen-bond acceptors (Lipinski definition) is 1. The monoisotopic (exact) mass is 247 g/mol. The van der Waals surface area contributed by atoms with Crippen molar-refractivity contribution in [3.8, 4) is 0 Å². The molecular weight excluding hydrogens is 222 g/mol. The second-order valence-corrected chi connectivity index (χ2v) is 11.8. The van der Waals surface area contributed by atoms with Gasteiger partial charge in [0.25, 0.3) is 0 Å². The van der Waals surface area contributed by atoms with Crippen LogP contribution >= 0.6 is 0 Å². The molecule has 1 aromatic carbocycles. The van der Waals surface area contributed by atoms with Crippen molar-refractivity contribution in [3.05, 3.63) is 35.4 Å². The van der Waals surface area contributed by atoms with E-state index in [2.05, 4.69) is 55.7 Å². The Bertz CT molecular complexity index is 381. The van der Waals surface area contributed by atoms with Crippen molar-refractivity contribution in [2.24, 2.45) is 0 Å². The first kappa shape index (κ1) is 12.8. The maximum absolute atomic E-state index is 2.73. The molecule has 2 rings (SSSR count). The van der Waals surface area contributed by atoms with Crippen LogP contribution < -0.4 is 0 Å². The molecule has 0 fully saturated rings. The summed E-state index contributed by atoms with van der Waals surface area (Å²) in [5, 5.41) is 0. The smallest absolute Gasteiger partial charge is 0.0599 e. The second kappa shape index (κ2) is 4.95. The predicted molar refractivity (Wildman–Crippen MR) is 78.1 cm³/mol. The number of fused-ring (bicyclic) bond motifs is 1. The van der Waals surface area contributed by atoms with Gasteiger partial charge in [0.05, 0.1) is 8.07 Å². The Labute approximate surface area is 107 Å². The fraction of sp³-hybridized carbons (Fsp3) is 0.600. The van der Waals surface area contributed by atoms with Gasteiger partial charge in [0, 0.05) is 12.6 Å². The Balaban J connectivity index is 2.23. The fourth-order valence-electron chi connectivity index (χ4n) is 2.98. The summed E-state index contributed by atoms with van der Waals surface area (Å²) in [4.78, 5) is 2.73. The van der Waals surface area contributed by atoms with Gasteiger partial charge in [0.15, 0.2) is 0 Å². The molecule has 1 aromatic rings. The van der Waals surface area contributed by atoms with Gasteiger partial charge in [-0.2, -0.15) is 0 Å². The molecule has 1 aliphatic heterocycles. The molecule has 2 heteroatoms. The van der Waals surface area contributed by atoms with Crippen molar-refractivity contribution in [2.75, 3.05) is 12.7 Å². The van der Waals surface area contributed by atoms with Crippen LogP contribution in [0.3, 0.4) is 0 Å². The van der Waals surface area contributed by atoms with Gasteiger partial charge >= 0.3 is 0 Å². The van der Waals surface area contributed by atoms with Gasteiger partial charge in [-0.1, -0.05) is 50.8 Å². The lowest BCUT2D eigenvalue weighted by Crippen LogP contribution is -2.45. The van der Waals surface area contributed by atoms with E-state index in [-0.39, 0.29) is 0 Å². The summed E-state index contributed by atoms with van der Waals surface area (Å²) in [5.41, 5.74) is 3.16. The molecule has 1 heterocycles. The van der Waals surface area contributed by atoms with Gasteiger partial charge in [-0.05, 0) is 30.1 Å². The Kier molecular flexibility index (Phi) is 3.74. The van der Waals surface area contributed by atoms with Crippen molar-refractivity contribution in [1.82, 2.24) is 4.90 Å². The first-order valence-corrected chi connectivity index (χ1v) is 10.5. The predicted octanol–water partition coefficient (Wildman–Crippen LogP) is 3.87. The normalized spacial score (nSPS) is 21.3. The molecule has 0 radical (unpaired) electrons. The molecule has 94 valence electrons. The highest BCUT2D eigenvalue weighted by Gasteiger charge is 2.29. The Morgan fingerprint density at radius 1 is 1.24 bits per heavy atom. The van der Waals surface area contributed by atoms with E-state index < -0.39 is 8.07 Å². The average Bonchev–Trinajstić information content (AvgIpc) is 2.27. The first-order chi connectivity index (χ1) is 8.01. The zero-order valence-corrected chi connectivity index (χ0v) is 12.7. The maximum Gasteiger partial charge on any atom is 0.0599 e. The van der Waals surface area contributed by atoms with Gasteiger partial charge in [0.2, 0.25) is 0 Å². The van der Waals surface area contributed by atoms with Crippen LogP contribution in [0.5, 0.6) is 0 Å². The van der Waals surface area contributed by atoms with Crippen LogP contribution in [0, 0.1) is 0 Å². The highest BCUT2D eigenvalue weighted by atomic mass is 28.3. The molecular formula is C15H25NSi. The van der Waals surface area contributed by atoms with Gasteiger partial charge < -0.3 is 0 Å². The van der Waals surface area contributed by atoms with Gasteiger partial charge in [-0.25, -0.2) is 0 Å². The summed E-state index contributed by atoms with van der Waals surface area (Å²) < 4.78 is 0. The molecule has 1 unspecified atom stereocenters. The topological polar surface area (TPSA) is 3.24 Å². The van der Waals surface area contributed by atoms with E-state index in [9.17, 15) is 0 Å². The molecule has 0 N–H and O–H groups in total. The average molecular weight is 247 g/mol. The van der Waals surface area contributed by atoms with Crippen LogP contribution in [0.25, 0.3) is 0 Å². The number of rotatable bonds is 3. The Morgan fingerprint density at radius 3 is 2.59 bits per heavy atom. The summed E-state index contributed by atoms with van der Waals surface area (Å²) in [7, 11) is -0.998. The summed E-state index contributed by atoms with van der Waals surface area (Å²) >= 11 is 0. The minimum absolute atomic E-state index is 0.659. The van der Waals surface area contributed by atoms with E-state index in [1.807, 2.05) is 0 Å². The maximum atomic E-state index is 2.73. The standard InChI is InChI=1S/C15H25NSi/c1-5-15-14-9-7-6-8-13(14)10-11-16(15)12-17(2,3)4/h6-9,15H,5,10-12H2,1-4H3. The summed E-state index contributed by atoms with van der Waals surface area (Å²) in [6.45, 7) is 11.0. The molecule has 0 saturated heterocycles. The summed E-state index contributed by atoms with van der Waals surface area (Å²) in [5.74, 6) is 0. The minimum Gasteiger partial charge on any atom is -0.299 e. The molecule has 0 aromatic heterocycles. The van der Waals surface area contributed by atoms with Gasteiger partial charge in [0.1, 0.15) is 0 Å². The molecule has 0 bridgehead atoms. The van der Waals surface area contributed by atoms with Crippen LogP contribution in [0.2, 0.25) is 19.6 Å². The molecule has 1 aliphatic rings. The molecule has 0 aliphatic carbocycles. The van der Waals surface area contributed by atoms with Gasteiger partial charge in [-0.15, -0.1) is 0 Å². The number of hydrogen-bond donors (Lipinski definition) is 0. The van der Waals surface area contributed by atoms with Crippen LogP contribution in [0.4, 0.5) is 0 Å². The van der Waals surface area contributed by atoms with Crippen LogP contribution in [-0.4, -0.2) is 25.7 Å². The highest BCUT2D eigenvalue weighted by molar-refractivity contribution is 6.76. The van der Waals surface area contributed by atoms with Crippen LogP contribution in [0.1, 0.15) is 30.5 Å². The third-order valence-electron chi connectivity index (χ3n) is 3.59. The first-order valence-electron chi connectivity index (χ1n) is 6.83. The fourth-order valence-corrected chi connectivity index (χ4v) is 4.58. The van der Waals surface area contributed by atoms with Crippen molar-refractivity contribution in [3.63, 3.8) is 0 Å². The Hall–Kier alpha value is -0.603. The van der Waals surface area contributed by atoms with Crippen molar-refractivity contribution < 1.29 is 0 Å². The lowest BCUT2D eigenvalue weighted by atomic mass is 9.92. The third-order valence-corrected chi connectivity index (χ3v) is 4.94. The van der Waals surface area contributed by atoms with E-state index in [4.69, 9.17) is 0 Å². The quantitative estimate of drug-likeness (QED) is 0.733. The van der Waals surface area contributed by atoms with E-state index in [0.717, 1.165) is 0 Å². The summed E-state index contributed by atoms with van der Waals surface area (Å²) in [6.07, 6.45) is 3.80. The highest BCUT2D eigenvalue weighted by Crippen LogP contribution is 2.32. The molecule has 1 nitrogen and oxygen atoms in total. The third kappa shape index (κ3) is 2.99. The Morgan fingerprint density at radius 2 is 1.94 bits per heavy atom. The van der Waals surface area contributed by atoms with Crippen molar-refractivity contribution in [2.45, 2.75) is 45.4 Å². The van der Waals surface area contributed by atoms with Crippen LogP contribution in [0.15, 0.2) is 24.3 Å². The molecule has 0 spiro atoms. The van der Waals surface area contributed by atoms with Crippen molar-refractivity contribution in [1.29, 1.82) is 0 Å². The number of nitrogens with zero attached hydrogens (tertiary/aromatic N) is 1. The molecule has 1 atom stereocenters. The number of benzene rings is 1. The zero-order chi connectivity index (χ0) is 12.5. The summed E-state index contributed by atoms with van der Waals surface area (Å²) in [6, 6.07) is 9.68. The van der Waals surface area contributed by atoms with E-state index in [1.54, 1.807) is 11.1 Å². The molecule has 17 heavy (non-hydrogen) atoms. The van der Waals surface area contributed by atoms with E-state index in [0.29, 0.717) is 6.04 Å². The van der Waals surface area contributed by atoms with Crippen LogP contribution in [-0.2, 0) is 6.42 Å². The zero-order valence-electron chi connectivity index (χ0n) is 11.7. The lowest BCUT2D eigenvalue weighted by molar-refractivity contribution is 0.208.